The summed E-state index contributed by atoms with van der Waals surface area (Å²) in [6.07, 6.45) is -0.875. The summed E-state index contributed by atoms with van der Waals surface area (Å²) in [6.45, 7) is 6.52. The molecule has 1 saturated heterocycles. The molecule has 1 aliphatic heterocycles. The maximum Gasteiger partial charge on any atom is 0.319 e. The molecule has 1 amide bonds. The Bertz CT molecular complexity index is 807. The van der Waals surface area contributed by atoms with Crippen molar-refractivity contribution in [3.63, 3.8) is 0 Å². The van der Waals surface area contributed by atoms with Crippen LogP contribution in [0, 0.1) is 0 Å². The number of thioether (sulfide) groups is 1. The van der Waals surface area contributed by atoms with E-state index in [1.54, 1.807) is 13.8 Å². The predicted octanol–water partition coefficient (Wildman–Crippen LogP) is 3.57. The van der Waals surface area contributed by atoms with E-state index in [0.717, 1.165) is 36.9 Å². The lowest BCUT2D eigenvalue weighted by molar-refractivity contribution is -0.152. The summed E-state index contributed by atoms with van der Waals surface area (Å²) >= 11 is 1.40. The summed E-state index contributed by atoms with van der Waals surface area (Å²) < 4.78 is 10.7. The maximum absolute atomic E-state index is 12.4. The summed E-state index contributed by atoms with van der Waals surface area (Å²) in [5.41, 5.74) is 1.76. The molecule has 7 heteroatoms. The monoisotopic (exact) mass is 414 g/mol. The summed E-state index contributed by atoms with van der Waals surface area (Å²) in [6, 6.07) is 17.3. The van der Waals surface area contributed by atoms with Gasteiger partial charge in [-0.2, -0.15) is 0 Å². The van der Waals surface area contributed by atoms with Gasteiger partial charge in [-0.3, -0.25) is 9.59 Å². The number of rotatable bonds is 7. The minimum absolute atomic E-state index is 0.352. The summed E-state index contributed by atoms with van der Waals surface area (Å²) in [5.74, 6) is -0.765. The van der Waals surface area contributed by atoms with Crippen LogP contribution in [0.25, 0.3) is 0 Å². The molecule has 6 nitrogen and oxygen atoms in total. The summed E-state index contributed by atoms with van der Waals surface area (Å²) in [7, 11) is 0. The van der Waals surface area contributed by atoms with Crippen LogP contribution in [0.15, 0.2) is 59.5 Å². The first-order valence-electron chi connectivity index (χ1n) is 9.69. The highest BCUT2D eigenvalue weighted by Gasteiger charge is 2.23. The van der Waals surface area contributed by atoms with Crippen LogP contribution in [0.1, 0.15) is 13.8 Å². The number of anilines is 2. The Hall–Kier alpha value is -2.51. The van der Waals surface area contributed by atoms with Crippen LogP contribution in [-0.2, 0) is 19.1 Å². The second kappa shape index (κ2) is 10.3. The summed E-state index contributed by atoms with van der Waals surface area (Å²) in [5, 5.41) is 2.40. The van der Waals surface area contributed by atoms with Gasteiger partial charge in [-0.15, -0.1) is 11.8 Å². The molecular formula is C22H26N2O4S. The first-order valence-corrected chi connectivity index (χ1v) is 10.6. The van der Waals surface area contributed by atoms with Gasteiger partial charge in [0.05, 0.1) is 13.2 Å². The average molecular weight is 415 g/mol. The molecule has 0 spiro atoms. The molecular weight excluding hydrogens is 388 g/mol. The van der Waals surface area contributed by atoms with E-state index in [-0.39, 0.29) is 5.91 Å². The third-order valence-corrected chi connectivity index (χ3v) is 5.65. The average Bonchev–Trinajstić information content (AvgIpc) is 2.75. The Morgan fingerprint density at radius 1 is 1.03 bits per heavy atom. The Kier molecular flexibility index (Phi) is 7.55. The van der Waals surface area contributed by atoms with Crippen LogP contribution in [0.3, 0.4) is 0 Å². The SMILES string of the molecule is C[C@H](OC(=O)[C@H](C)Sc1ccccc1)C(=O)Nc1ccc(N2CCOCC2)cc1. The van der Waals surface area contributed by atoms with Crippen molar-refractivity contribution < 1.29 is 19.1 Å². The van der Waals surface area contributed by atoms with Crippen molar-refractivity contribution in [2.45, 2.75) is 30.1 Å². The van der Waals surface area contributed by atoms with E-state index in [2.05, 4.69) is 10.2 Å². The molecule has 0 unspecified atom stereocenters. The fourth-order valence-corrected chi connectivity index (χ4v) is 3.77. The highest BCUT2D eigenvalue weighted by Crippen LogP contribution is 2.24. The maximum atomic E-state index is 12.4. The lowest BCUT2D eigenvalue weighted by atomic mass is 10.2. The third-order valence-electron chi connectivity index (χ3n) is 4.56. The van der Waals surface area contributed by atoms with Gasteiger partial charge in [-0.1, -0.05) is 18.2 Å². The topological polar surface area (TPSA) is 67.9 Å². The molecule has 1 aliphatic rings. The smallest absolute Gasteiger partial charge is 0.319 e. The van der Waals surface area contributed by atoms with Crippen LogP contribution >= 0.6 is 11.8 Å². The van der Waals surface area contributed by atoms with E-state index in [1.807, 2.05) is 54.6 Å². The highest BCUT2D eigenvalue weighted by atomic mass is 32.2. The Morgan fingerprint density at radius 3 is 2.34 bits per heavy atom. The molecule has 1 heterocycles. The number of hydrogen-bond donors (Lipinski definition) is 1. The molecule has 154 valence electrons. The number of carbonyl (C=O) groups is 2. The minimum atomic E-state index is -0.875. The number of nitrogens with one attached hydrogen (secondary N) is 1. The number of carbonyl (C=O) groups excluding carboxylic acids is 2. The number of hydrogen-bond acceptors (Lipinski definition) is 6. The summed E-state index contributed by atoms with van der Waals surface area (Å²) in [4.78, 5) is 27.9. The first kappa shape index (κ1) is 21.2. The number of amides is 1. The van der Waals surface area contributed by atoms with Gasteiger partial charge >= 0.3 is 5.97 Å². The van der Waals surface area contributed by atoms with E-state index < -0.39 is 17.3 Å². The predicted molar refractivity (Wildman–Crippen MR) is 115 cm³/mol. The standard InChI is InChI=1S/C22H26N2O4S/c1-16(28-22(26)17(2)29-20-6-4-3-5-7-20)21(25)23-18-8-10-19(11-9-18)24-12-14-27-15-13-24/h3-11,16-17H,12-15H2,1-2H3,(H,23,25)/t16-,17-/m0/s1. The molecule has 2 aromatic carbocycles. The van der Waals surface area contributed by atoms with E-state index in [9.17, 15) is 9.59 Å². The molecule has 0 saturated carbocycles. The number of ether oxygens (including phenoxy) is 2. The fraction of sp³-hybridized carbons (Fsp3) is 0.364. The molecule has 1 N–H and O–H groups in total. The van der Waals surface area contributed by atoms with Crippen LogP contribution in [0.5, 0.6) is 0 Å². The Morgan fingerprint density at radius 2 is 1.69 bits per heavy atom. The van der Waals surface area contributed by atoms with Crippen LogP contribution in [0.4, 0.5) is 11.4 Å². The van der Waals surface area contributed by atoms with Crippen molar-refractivity contribution in [3.8, 4) is 0 Å². The molecule has 0 aliphatic carbocycles. The van der Waals surface area contributed by atoms with Crippen molar-refractivity contribution in [2.24, 2.45) is 0 Å². The van der Waals surface area contributed by atoms with E-state index in [0.29, 0.717) is 5.69 Å². The van der Waals surface area contributed by atoms with Crippen molar-refractivity contribution in [1.82, 2.24) is 0 Å². The fourth-order valence-electron chi connectivity index (χ4n) is 2.90. The highest BCUT2D eigenvalue weighted by molar-refractivity contribution is 8.00. The van der Waals surface area contributed by atoms with Crippen LogP contribution < -0.4 is 10.2 Å². The van der Waals surface area contributed by atoms with Crippen molar-refractivity contribution in [2.75, 3.05) is 36.5 Å². The van der Waals surface area contributed by atoms with Gasteiger partial charge in [-0.05, 0) is 50.2 Å². The number of esters is 1. The zero-order valence-electron chi connectivity index (χ0n) is 16.7. The molecule has 1 fully saturated rings. The molecule has 0 bridgehead atoms. The lowest BCUT2D eigenvalue weighted by Crippen LogP contribution is -2.36. The second-order valence-electron chi connectivity index (χ2n) is 6.79. The van der Waals surface area contributed by atoms with Crippen LogP contribution in [0.2, 0.25) is 0 Å². The van der Waals surface area contributed by atoms with Gasteiger partial charge in [0.25, 0.3) is 5.91 Å². The largest absolute Gasteiger partial charge is 0.452 e. The Labute approximate surface area is 175 Å². The van der Waals surface area contributed by atoms with Crippen molar-refractivity contribution >= 4 is 35.0 Å². The number of benzene rings is 2. The van der Waals surface area contributed by atoms with Gasteiger partial charge < -0.3 is 19.7 Å². The zero-order chi connectivity index (χ0) is 20.6. The van der Waals surface area contributed by atoms with Crippen LogP contribution in [-0.4, -0.2) is 49.5 Å². The van der Waals surface area contributed by atoms with Gasteiger partial charge in [0.2, 0.25) is 0 Å². The lowest BCUT2D eigenvalue weighted by Gasteiger charge is -2.29. The van der Waals surface area contributed by atoms with Gasteiger partial charge in [0.15, 0.2) is 6.10 Å². The van der Waals surface area contributed by atoms with Gasteiger partial charge in [-0.25, -0.2) is 0 Å². The van der Waals surface area contributed by atoms with E-state index in [1.165, 1.54) is 11.8 Å². The zero-order valence-corrected chi connectivity index (χ0v) is 17.5. The normalized spacial score (nSPS) is 16.0. The molecule has 0 radical (unpaired) electrons. The second-order valence-corrected chi connectivity index (χ2v) is 8.20. The van der Waals surface area contributed by atoms with E-state index >= 15 is 0 Å². The third kappa shape index (κ3) is 6.24. The molecule has 3 rings (SSSR count). The molecule has 2 aromatic rings. The van der Waals surface area contributed by atoms with Crippen molar-refractivity contribution in [1.29, 1.82) is 0 Å². The van der Waals surface area contributed by atoms with Gasteiger partial charge in [0, 0.05) is 29.4 Å². The molecule has 0 aromatic heterocycles. The number of nitrogens with zero attached hydrogens (tertiary/aromatic N) is 1. The quantitative estimate of drug-likeness (QED) is 0.552. The van der Waals surface area contributed by atoms with Crippen molar-refractivity contribution in [3.05, 3.63) is 54.6 Å². The van der Waals surface area contributed by atoms with Gasteiger partial charge in [0.1, 0.15) is 5.25 Å². The molecule has 2 atom stereocenters. The molecule has 29 heavy (non-hydrogen) atoms. The first-order chi connectivity index (χ1) is 14.0. The van der Waals surface area contributed by atoms with E-state index in [4.69, 9.17) is 9.47 Å². The number of morpholine rings is 1. The Balaban J connectivity index is 1.48. The minimum Gasteiger partial charge on any atom is -0.452 e.